The van der Waals surface area contributed by atoms with Crippen LogP contribution in [0.15, 0.2) is 30.3 Å². The largest absolute Gasteiger partial charge is 0.312 e. The van der Waals surface area contributed by atoms with E-state index in [9.17, 15) is 22.0 Å². The third-order valence-corrected chi connectivity index (χ3v) is 3.04. The van der Waals surface area contributed by atoms with Crippen LogP contribution in [0, 0.1) is 29.1 Å². The van der Waals surface area contributed by atoms with Crippen molar-refractivity contribution in [3.8, 4) is 0 Å². The van der Waals surface area contributed by atoms with E-state index in [1.807, 2.05) is 30.3 Å². The quantitative estimate of drug-likeness (QED) is 0.384. The summed E-state index contributed by atoms with van der Waals surface area (Å²) < 4.78 is 65.6. The van der Waals surface area contributed by atoms with Gasteiger partial charge >= 0.3 is 0 Å². The Morgan fingerprint density at radius 1 is 0.714 bits per heavy atom. The average molecular weight is 301 g/mol. The molecule has 2 rings (SSSR count). The molecule has 0 aliphatic carbocycles. The second kappa shape index (κ2) is 6.67. The van der Waals surface area contributed by atoms with Gasteiger partial charge in [-0.3, -0.25) is 0 Å². The van der Waals surface area contributed by atoms with Gasteiger partial charge in [0.15, 0.2) is 23.3 Å². The Balaban J connectivity index is 2.01. The van der Waals surface area contributed by atoms with Gasteiger partial charge in [0.05, 0.1) is 0 Å². The fourth-order valence-electron chi connectivity index (χ4n) is 1.90. The van der Waals surface area contributed by atoms with E-state index in [1.54, 1.807) is 0 Å². The molecule has 2 aromatic carbocycles. The van der Waals surface area contributed by atoms with Crippen molar-refractivity contribution in [1.29, 1.82) is 0 Å². The highest BCUT2D eigenvalue weighted by Gasteiger charge is 2.25. The van der Waals surface area contributed by atoms with Crippen molar-refractivity contribution in [2.45, 2.75) is 13.0 Å². The molecule has 0 fully saturated rings. The van der Waals surface area contributed by atoms with E-state index >= 15 is 0 Å². The van der Waals surface area contributed by atoms with E-state index in [1.165, 1.54) is 0 Å². The fourth-order valence-corrected chi connectivity index (χ4v) is 1.90. The van der Waals surface area contributed by atoms with Gasteiger partial charge in [-0.25, -0.2) is 22.0 Å². The zero-order chi connectivity index (χ0) is 15.4. The van der Waals surface area contributed by atoms with Crippen LogP contribution in [0.25, 0.3) is 0 Å². The minimum Gasteiger partial charge on any atom is -0.312 e. The van der Waals surface area contributed by atoms with Crippen LogP contribution in [-0.2, 0) is 13.0 Å². The van der Waals surface area contributed by atoms with Crippen molar-refractivity contribution in [3.05, 3.63) is 70.5 Å². The van der Waals surface area contributed by atoms with Gasteiger partial charge in [0, 0.05) is 12.1 Å². The van der Waals surface area contributed by atoms with E-state index in [0.29, 0.717) is 13.0 Å². The lowest BCUT2D eigenvalue weighted by Crippen LogP contribution is -2.20. The minimum absolute atomic E-state index is 0.351. The van der Waals surface area contributed by atoms with Crippen LogP contribution < -0.4 is 5.32 Å². The summed E-state index contributed by atoms with van der Waals surface area (Å²) in [5, 5.41) is 2.67. The summed E-state index contributed by atoms with van der Waals surface area (Å²) >= 11 is 0. The van der Waals surface area contributed by atoms with Gasteiger partial charge in [-0.1, -0.05) is 30.3 Å². The Morgan fingerprint density at radius 3 is 1.81 bits per heavy atom. The van der Waals surface area contributed by atoms with Gasteiger partial charge < -0.3 is 5.32 Å². The lowest BCUT2D eigenvalue weighted by molar-refractivity contribution is 0.367. The van der Waals surface area contributed by atoms with Gasteiger partial charge in [-0.2, -0.15) is 0 Å². The maximum Gasteiger partial charge on any atom is 0.200 e. The number of rotatable bonds is 5. The molecule has 0 aliphatic heterocycles. The molecule has 0 aromatic heterocycles. The first kappa shape index (κ1) is 15.4. The summed E-state index contributed by atoms with van der Waals surface area (Å²) in [7, 11) is 0. The molecular weight excluding hydrogens is 289 g/mol. The number of nitrogens with one attached hydrogen (secondary N) is 1. The summed E-state index contributed by atoms with van der Waals surface area (Å²) in [6, 6.07) is 9.30. The highest BCUT2D eigenvalue weighted by molar-refractivity contribution is 5.24. The topological polar surface area (TPSA) is 12.0 Å². The lowest BCUT2D eigenvalue weighted by atomic mass is 10.1. The molecule has 1 N–H and O–H groups in total. The molecule has 0 atom stereocenters. The van der Waals surface area contributed by atoms with E-state index in [2.05, 4.69) is 5.32 Å². The molecule has 2 aromatic rings. The standard InChI is InChI=1S/C15H12F5N/c16-11-10(12(17)14(19)15(20)13(11)18)8-21-7-6-9-4-2-1-3-5-9/h1-5,21H,6-8H2. The van der Waals surface area contributed by atoms with Crippen LogP contribution >= 0.6 is 0 Å². The van der Waals surface area contributed by atoms with Crippen molar-refractivity contribution in [2.24, 2.45) is 0 Å². The highest BCUT2D eigenvalue weighted by atomic mass is 19.2. The zero-order valence-electron chi connectivity index (χ0n) is 10.9. The van der Waals surface area contributed by atoms with E-state index in [0.717, 1.165) is 5.56 Å². The van der Waals surface area contributed by atoms with E-state index < -0.39 is 41.2 Å². The molecular formula is C15H12F5N. The van der Waals surface area contributed by atoms with Crippen LogP contribution in [0.3, 0.4) is 0 Å². The molecule has 6 heteroatoms. The van der Waals surface area contributed by atoms with Gasteiger partial charge in [-0.05, 0) is 18.5 Å². The summed E-state index contributed by atoms with van der Waals surface area (Å²) in [6.07, 6.45) is 0.580. The maximum absolute atomic E-state index is 13.4. The van der Waals surface area contributed by atoms with Gasteiger partial charge in [0.2, 0.25) is 5.82 Å². The predicted molar refractivity (Wildman–Crippen MR) is 68.1 cm³/mol. The van der Waals surface area contributed by atoms with Crippen LogP contribution in [0.1, 0.15) is 11.1 Å². The Hall–Kier alpha value is -1.95. The molecule has 0 unspecified atom stereocenters. The average Bonchev–Trinajstić information content (AvgIpc) is 2.51. The monoisotopic (exact) mass is 301 g/mol. The molecule has 21 heavy (non-hydrogen) atoms. The van der Waals surface area contributed by atoms with Gasteiger partial charge in [-0.15, -0.1) is 0 Å². The number of halogens is 5. The highest BCUT2D eigenvalue weighted by Crippen LogP contribution is 2.22. The Morgan fingerprint density at radius 2 is 1.24 bits per heavy atom. The Bertz CT molecular complexity index is 599. The van der Waals surface area contributed by atoms with Crippen molar-refractivity contribution in [3.63, 3.8) is 0 Å². The molecule has 0 spiro atoms. The SMILES string of the molecule is Fc1c(F)c(F)c(CNCCc2ccccc2)c(F)c1F. The van der Waals surface area contributed by atoms with Crippen molar-refractivity contribution in [2.75, 3.05) is 6.54 Å². The Labute approximate surface area is 118 Å². The molecule has 0 saturated carbocycles. The van der Waals surface area contributed by atoms with Crippen molar-refractivity contribution >= 4 is 0 Å². The zero-order valence-corrected chi connectivity index (χ0v) is 10.9. The number of hydrogen-bond donors (Lipinski definition) is 1. The summed E-state index contributed by atoms with van der Waals surface area (Å²) in [5.41, 5.74) is 0.155. The molecule has 1 nitrogen and oxygen atoms in total. The fraction of sp³-hybridized carbons (Fsp3) is 0.200. The van der Waals surface area contributed by atoms with Crippen LogP contribution in [-0.4, -0.2) is 6.54 Å². The van der Waals surface area contributed by atoms with Crippen LogP contribution in [0.4, 0.5) is 22.0 Å². The lowest BCUT2D eigenvalue weighted by Gasteiger charge is -2.09. The first-order chi connectivity index (χ1) is 10.0. The van der Waals surface area contributed by atoms with E-state index in [-0.39, 0.29) is 0 Å². The predicted octanol–water partition coefficient (Wildman–Crippen LogP) is 3.71. The van der Waals surface area contributed by atoms with Crippen molar-refractivity contribution < 1.29 is 22.0 Å². The second-order valence-corrected chi connectivity index (χ2v) is 4.46. The van der Waals surface area contributed by atoms with Crippen molar-refractivity contribution in [1.82, 2.24) is 5.32 Å². The molecule has 112 valence electrons. The molecule has 0 heterocycles. The number of benzene rings is 2. The maximum atomic E-state index is 13.4. The van der Waals surface area contributed by atoms with Crippen LogP contribution in [0.5, 0.6) is 0 Å². The summed E-state index contributed by atoms with van der Waals surface area (Å²) in [4.78, 5) is 0. The van der Waals surface area contributed by atoms with Gasteiger partial charge in [0.1, 0.15) is 0 Å². The third-order valence-electron chi connectivity index (χ3n) is 3.04. The Kier molecular flexibility index (Phi) is 4.90. The molecule has 0 aliphatic rings. The normalized spacial score (nSPS) is 10.9. The molecule has 0 saturated heterocycles. The number of hydrogen-bond acceptors (Lipinski definition) is 1. The van der Waals surface area contributed by atoms with E-state index in [4.69, 9.17) is 0 Å². The summed E-state index contributed by atoms with van der Waals surface area (Å²) in [6.45, 7) is -0.0812. The summed E-state index contributed by atoms with van der Waals surface area (Å²) in [5.74, 6) is -9.57. The van der Waals surface area contributed by atoms with Crippen LogP contribution in [0.2, 0.25) is 0 Å². The molecule has 0 bridgehead atoms. The minimum atomic E-state index is -2.14. The second-order valence-electron chi connectivity index (χ2n) is 4.46. The van der Waals surface area contributed by atoms with Gasteiger partial charge in [0.25, 0.3) is 0 Å². The third kappa shape index (κ3) is 3.39. The molecule has 0 radical (unpaired) electrons. The smallest absolute Gasteiger partial charge is 0.200 e. The molecule has 0 amide bonds. The first-order valence-corrected chi connectivity index (χ1v) is 6.27. The first-order valence-electron chi connectivity index (χ1n) is 6.27.